The molecule has 94 valence electrons. The van der Waals surface area contributed by atoms with Gasteiger partial charge in [0.1, 0.15) is 18.2 Å². The Bertz CT molecular complexity index is 506. The molecular formula is C14H14FNO2. The Morgan fingerprint density at radius 2 is 1.78 bits per heavy atom. The molecule has 0 aliphatic carbocycles. The largest absolute Gasteiger partial charge is 0.489 e. The maximum atomic E-state index is 13.1. The van der Waals surface area contributed by atoms with Gasteiger partial charge < -0.3 is 15.6 Å². The lowest BCUT2D eigenvalue weighted by Gasteiger charge is -2.07. The van der Waals surface area contributed by atoms with Crippen LogP contribution in [-0.2, 0) is 13.2 Å². The molecule has 2 rings (SSSR count). The second-order valence-corrected chi connectivity index (χ2v) is 3.98. The molecule has 18 heavy (non-hydrogen) atoms. The van der Waals surface area contributed by atoms with Gasteiger partial charge in [-0.15, -0.1) is 0 Å². The molecule has 0 saturated carbocycles. The quantitative estimate of drug-likeness (QED) is 0.816. The highest BCUT2D eigenvalue weighted by Crippen LogP contribution is 2.16. The van der Waals surface area contributed by atoms with E-state index >= 15 is 0 Å². The van der Waals surface area contributed by atoms with Crippen molar-refractivity contribution >= 4 is 5.69 Å². The summed E-state index contributed by atoms with van der Waals surface area (Å²) in [6, 6.07) is 11.4. The van der Waals surface area contributed by atoms with Gasteiger partial charge in [0.2, 0.25) is 0 Å². The minimum absolute atomic E-state index is 0.000704. The molecule has 0 atom stereocenters. The Balaban J connectivity index is 2.01. The van der Waals surface area contributed by atoms with Crippen molar-refractivity contribution < 1.29 is 14.2 Å². The van der Waals surface area contributed by atoms with E-state index in [1.165, 1.54) is 12.1 Å². The van der Waals surface area contributed by atoms with Gasteiger partial charge in [0.25, 0.3) is 0 Å². The smallest absolute Gasteiger partial charge is 0.125 e. The number of rotatable bonds is 4. The van der Waals surface area contributed by atoms with Crippen molar-refractivity contribution in [2.24, 2.45) is 0 Å². The van der Waals surface area contributed by atoms with E-state index in [1.54, 1.807) is 30.3 Å². The Morgan fingerprint density at radius 1 is 1.06 bits per heavy atom. The lowest BCUT2D eigenvalue weighted by Crippen LogP contribution is -1.98. The number of nitrogen functional groups attached to an aromatic ring is 1. The first kappa shape index (κ1) is 12.4. The normalized spacial score (nSPS) is 10.3. The number of benzene rings is 2. The van der Waals surface area contributed by atoms with Crippen molar-refractivity contribution in [2.75, 3.05) is 5.73 Å². The Kier molecular flexibility index (Phi) is 3.79. The molecule has 0 saturated heterocycles. The van der Waals surface area contributed by atoms with Crippen LogP contribution in [0.3, 0.4) is 0 Å². The molecule has 0 amide bonds. The van der Waals surface area contributed by atoms with Crippen molar-refractivity contribution in [3.05, 3.63) is 59.4 Å². The van der Waals surface area contributed by atoms with Gasteiger partial charge in [-0.2, -0.15) is 0 Å². The van der Waals surface area contributed by atoms with Crippen LogP contribution in [0.5, 0.6) is 5.75 Å². The molecule has 0 aromatic heterocycles. The summed E-state index contributed by atoms with van der Waals surface area (Å²) < 4.78 is 18.6. The number of nitrogens with two attached hydrogens (primary N) is 1. The van der Waals surface area contributed by atoms with Crippen LogP contribution < -0.4 is 10.5 Å². The van der Waals surface area contributed by atoms with Gasteiger partial charge in [-0.05, 0) is 41.5 Å². The zero-order chi connectivity index (χ0) is 13.0. The SMILES string of the molecule is Nc1cc(F)cc(COc2ccc(CO)cc2)c1. The van der Waals surface area contributed by atoms with E-state index in [0.29, 0.717) is 17.0 Å². The van der Waals surface area contributed by atoms with Gasteiger partial charge in [0, 0.05) is 5.69 Å². The summed E-state index contributed by atoms with van der Waals surface area (Å²) in [6.07, 6.45) is 0. The highest BCUT2D eigenvalue weighted by Gasteiger charge is 2.00. The van der Waals surface area contributed by atoms with Gasteiger partial charge in [-0.25, -0.2) is 4.39 Å². The van der Waals surface area contributed by atoms with Gasteiger partial charge >= 0.3 is 0 Å². The minimum Gasteiger partial charge on any atom is -0.489 e. The number of ether oxygens (including phenoxy) is 1. The Morgan fingerprint density at radius 3 is 2.39 bits per heavy atom. The average molecular weight is 247 g/mol. The first-order valence-electron chi connectivity index (χ1n) is 5.55. The van der Waals surface area contributed by atoms with Crippen LogP contribution in [0.15, 0.2) is 42.5 Å². The van der Waals surface area contributed by atoms with E-state index in [-0.39, 0.29) is 19.0 Å². The molecule has 0 radical (unpaired) electrons. The zero-order valence-electron chi connectivity index (χ0n) is 9.77. The van der Waals surface area contributed by atoms with Gasteiger partial charge in [-0.3, -0.25) is 0 Å². The van der Waals surface area contributed by atoms with E-state index in [9.17, 15) is 4.39 Å². The molecule has 0 aliphatic rings. The van der Waals surface area contributed by atoms with Gasteiger partial charge in [0.05, 0.1) is 6.61 Å². The molecular weight excluding hydrogens is 233 g/mol. The summed E-state index contributed by atoms with van der Waals surface area (Å²) >= 11 is 0. The van der Waals surface area contributed by atoms with Crippen LogP contribution in [0.4, 0.5) is 10.1 Å². The number of anilines is 1. The second-order valence-electron chi connectivity index (χ2n) is 3.98. The Labute approximate surface area is 105 Å². The molecule has 3 N–H and O–H groups in total. The fourth-order valence-corrected chi connectivity index (χ4v) is 1.62. The summed E-state index contributed by atoms with van der Waals surface area (Å²) in [5.41, 5.74) is 7.42. The highest BCUT2D eigenvalue weighted by molar-refractivity contribution is 5.41. The predicted molar refractivity (Wildman–Crippen MR) is 67.5 cm³/mol. The molecule has 0 fully saturated rings. The van der Waals surface area contributed by atoms with E-state index in [0.717, 1.165) is 5.56 Å². The van der Waals surface area contributed by atoms with Gasteiger partial charge in [0.15, 0.2) is 0 Å². The maximum absolute atomic E-state index is 13.1. The van der Waals surface area contributed by atoms with E-state index in [1.807, 2.05) is 0 Å². The van der Waals surface area contributed by atoms with Crippen molar-refractivity contribution in [3.8, 4) is 5.75 Å². The fourth-order valence-electron chi connectivity index (χ4n) is 1.62. The standard InChI is InChI=1S/C14H14FNO2/c15-12-5-11(6-13(16)7-12)9-18-14-3-1-10(8-17)2-4-14/h1-7,17H,8-9,16H2. The van der Waals surface area contributed by atoms with Crippen molar-refractivity contribution in [1.82, 2.24) is 0 Å². The van der Waals surface area contributed by atoms with Crippen LogP contribution >= 0.6 is 0 Å². The summed E-state index contributed by atoms with van der Waals surface area (Å²) in [6.45, 7) is 0.251. The monoisotopic (exact) mass is 247 g/mol. The highest BCUT2D eigenvalue weighted by atomic mass is 19.1. The molecule has 2 aromatic rings. The first-order chi connectivity index (χ1) is 8.67. The summed E-state index contributed by atoms with van der Waals surface area (Å²) in [4.78, 5) is 0. The third-order valence-corrected chi connectivity index (χ3v) is 2.49. The lowest BCUT2D eigenvalue weighted by molar-refractivity contribution is 0.280. The maximum Gasteiger partial charge on any atom is 0.125 e. The minimum atomic E-state index is -0.371. The van der Waals surface area contributed by atoms with Crippen LogP contribution in [0.2, 0.25) is 0 Å². The van der Waals surface area contributed by atoms with Crippen LogP contribution in [0.25, 0.3) is 0 Å². The van der Waals surface area contributed by atoms with E-state index < -0.39 is 0 Å². The predicted octanol–water partition coefficient (Wildman–Crippen LogP) is 2.48. The van der Waals surface area contributed by atoms with E-state index in [2.05, 4.69) is 0 Å². The number of hydrogen-bond donors (Lipinski definition) is 2. The average Bonchev–Trinajstić information content (AvgIpc) is 2.36. The molecule has 3 nitrogen and oxygen atoms in total. The van der Waals surface area contributed by atoms with Crippen molar-refractivity contribution in [2.45, 2.75) is 13.2 Å². The lowest BCUT2D eigenvalue weighted by atomic mass is 10.2. The third kappa shape index (κ3) is 3.21. The van der Waals surface area contributed by atoms with E-state index in [4.69, 9.17) is 15.6 Å². The fraction of sp³-hybridized carbons (Fsp3) is 0.143. The number of aliphatic hydroxyl groups excluding tert-OH is 1. The molecule has 0 unspecified atom stereocenters. The third-order valence-electron chi connectivity index (χ3n) is 2.49. The van der Waals surface area contributed by atoms with Crippen LogP contribution in [-0.4, -0.2) is 5.11 Å². The molecule has 0 bridgehead atoms. The van der Waals surface area contributed by atoms with Crippen LogP contribution in [0.1, 0.15) is 11.1 Å². The molecule has 2 aromatic carbocycles. The molecule has 0 spiro atoms. The summed E-state index contributed by atoms with van der Waals surface area (Å²) in [5, 5.41) is 8.90. The summed E-state index contributed by atoms with van der Waals surface area (Å²) in [5.74, 6) is 0.291. The number of aliphatic hydroxyl groups is 1. The second kappa shape index (κ2) is 5.51. The molecule has 0 heterocycles. The topological polar surface area (TPSA) is 55.5 Å². The Hall–Kier alpha value is -2.07. The first-order valence-corrected chi connectivity index (χ1v) is 5.55. The summed E-state index contributed by atoms with van der Waals surface area (Å²) in [7, 11) is 0. The molecule has 0 aliphatic heterocycles. The van der Waals surface area contributed by atoms with Gasteiger partial charge in [-0.1, -0.05) is 12.1 Å². The van der Waals surface area contributed by atoms with Crippen molar-refractivity contribution in [1.29, 1.82) is 0 Å². The zero-order valence-corrected chi connectivity index (χ0v) is 9.77. The van der Waals surface area contributed by atoms with Crippen molar-refractivity contribution in [3.63, 3.8) is 0 Å². The molecule has 4 heteroatoms. The van der Waals surface area contributed by atoms with Crippen LogP contribution in [0, 0.1) is 5.82 Å². The number of halogens is 1. The number of hydrogen-bond acceptors (Lipinski definition) is 3.